The molecule has 1 fully saturated rings. The number of benzene rings is 2. The van der Waals surface area contributed by atoms with Gasteiger partial charge in [0.15, 0.2) is 11.5 Å². The summed E-state index contributed by atoms with van der Waals surface area (Å²) in [5, 5.41) is 70.2. The molecular formula is C25H25O14+. The first-order valence-electron chi connectivity index (χ1n) is 11.4. The van der Waals surface area contributed by atoms with Crippen molar-refractivity contribution < 1.29 is 68.7 Å². The van der Waals surface area contributed by atoms with Gasteiger partial charge in [0.25, 0.3) is 0 Å². The van der Waals surface area contributed by atoms with E-state index in [0.29, 0.717) is 0 Å². The van der Waals surface area contributed by atoms with Crippen molar-refractivity contribution >= 4 is 22.9 Å². The lowest BCUT2D eigenvalue weighted by molar-refractivity contribution is -0.278. The highest BCUT2D eigenvalue weighted by Gasteiger charge is 2.46. The molecule has 1 aliphatic heterocycles. The zero-order chi connectivity index (χ0) is 28.4. The Morgan fingerprint density at radius 2 is 1.69 bits per heavy atom. The molecule has 0 aliphatic carbocycles. The van der Waals surface area contributed by atoms with Crippen molar-refractivity contribution in [3.63, 3.8) is 0 Å². The quantitative estimate of drug-likeness (QED) is 0.117. The van der Waals surface area contributed by atoms with Gasteiger partial charge in [0.2, 0.25) is 12.0 Å². The van der Waals surface area contributed by atoms with Crippen LogP contribution in [0.3, 0.4) is 0 Å². The Kier molecular flexibility index (Phi) is 7.92. The minimum Gasteiger partial charge on any atom is -0.507 e. The molecule has 0 amide bonds. The molecule has 39 heavy (non-hydrogen) atoms. The second kappa shape index (κ2) is 11.2. The number of aliphatic carboxylic acids is 1. The van der Waals surface area contributed by atoms with Gasteiger partial charge in [0.1, 0.15) is 54.3 Å². The zero-order valence-corrected chi connectivity index (χ0v) is 20.3. The molecule has 14 nitrogen and oxygen atoms in total. The lowest BCUT2D eigenvalue weighted by Gasteiger charge is -2.39. The number of esters is 1. The number of carboxylic acid groups (broad SMARTS) is 1. The van der Waals surface area contributed by atoms with Crippen LogP contribution in [0.1, 0.15) is 6.42 Å². The molecular weight excluding hydrogens is 524 g/mol. The summed E-state index contributed by atoms with van der Waals surface area (Å²) in [6, 6.07) is 7.74. The summed E-state index contributed by atoms with van der Waals surface area (Å²) in [7, 11) is 1.33. The minimum atomic E-state index is -1.83. The number of rotatable bonds is 8. The zero-order valence-electron chi connectivity index (χ0n) is 20.3. The summed E-state index contributed by atoms with van der Waals surface area (Å²) in [5.41, 5.74) is 0.320. The number of phenols is 3. The first kappa shape index (κ1) is 27.7. The van der Waals surface area contributed by atoms with Gasteiger partial charge in [0.05, 0.1) is 18.7 Å². The van der Waals surface area contributed by atoms with Gasteiger partial charge in [-0.05, 0) is 12.1 Å². The second-order valence-electron chi connectivity index (χ2n) is 8.59. The van der Waals surface area contributed by atoms with Crippen LogP contribution >= 0.6 is 0 Å². The van der Waals surface area contributed by atoms with E-state index in [9.17, 15) is 40.2 Å². The van der Waals surface area contributed by atoms with Crippen molar-refractivity contribution in [1.82, 2.24) is 0 Å². The molecule has 0 spiro atoms. The molecule has 0 saturated carbocycles. The maximum atomic E-state index is 11.6. The number of aliphatic hydroxyl groups excluding tert-OH is 3. The van der Waals surface area contributed by atoms with Crippen LogP contribution in [0.2, 0.25) is 0 Å². The van der Waals surface area contributed by atoms with E-state index in [4.69, 9.17) is 28.5 Å². The lowest BCUT2D eigenvalue weighted by Crippen LogP contribution is -2.60. The van der Waals surface area contributed by atoms with Gasteiger partial charge in [-0.15, -0.1) is 0 Å². The Hall–Kier alpha value is -4.37. The highest BCUT2D eigenvalue weighted by Crippen LogP contribution is 2.42. The third-order valence-electron chi connectivity index (χ3n) is 5.87. The van der Waals surface area contributed by atoms with Crippen molar-refractivity contribution in [2.24, 2.45) is 0 Å². The molecule has 208 valence electrons. The van der Waals surface area contributed by atoms with E-state index in [1.165, 1.54) is 37.4 Å². The van der Waals surface area contributed by atoms with Crippen LogP contribution < -0.4 is 9.47 Å². The van der Waals surface area contributed by atoms with Crippen molar-refractivity contribution in [2.75, 3.05) is 13.7 Å². The highest BCUT2D eigenvalue weighted by molar-refractivity contribution is 5.90. The summed E-state index contributed by atoms with van der Waals surface area (Å²) in [4.78, 5) is 22.3. The van der Waals surface area contributed by atoms with Gasteiger partial charge in [-0.2, -0.15) is 0 Å². The summed E-state index contributed by atoms with van der Waals surface area (Å²) >= 11 is 0. The average molecular weight is 549 g/mol. The number of ether oxygens (including phenoxy) is 4. The predicted octanol–water partition coefficient (Wildman–Crippen LogP) is 0.711. The topological polar surface area (TPSA) is 224 Å². The molecule has 5 atom stereocenters. The molecule has 2 heterocycles. The van der Waals surface area contributed by atoms with Crippen molar-refractivity contribution in [1.29, 1.82) is 0 Å². The fourth-order valence-corrected chi connectivity index (χ4v) is 3.92. The van der Waals surface area contributed by atoms with Crippen LogP contribution in [-0.4, -0.2) is 92.1 Å². The van der Waals surface area contributed by atoms with Gasteiger partial charge in [-0.1, -0.05) is 0 Å². The number of fused-ring (bicyclic) bond motifs is 1. The van der Waals surface area contributed by atoms with E-state index in [-0.39, 0.29) is 51.0 Å². The Morgan fingerprint density at radius 3 is 2.38 bits per heavy atom. The Balaban J connectivity index is 1.71. The molecule has 2 aromatic carbocycles. The third-order valence-corrected chi connectivity index (χ3v) is 5.87. The van der Waals surface area contributed by atoms with Gasteiger partial charge >= 0.3 is 23.3 Å². The van der Waals surface area contributed by atoms with Crippen LogP contribution in [0.4, 0.5) is 0 Å². The first-order chi connectivity index (χ1) is 18.5. The van der Waals surface area contributed by atoms with Crippen LogP contribution in [0.15, 0.2) is 40.8 Å². The van der Waals surface area contributed by atoms with Gasteiger partial charge in [-0.25, -0.2) is 4.42 Å². The SMILES string of the molecule is COc1cc(-c2[o+]c3cc(O)cc(O)c3cc2OC2OC(COC(=O)CC(=O)O)C(O)C(O)C2O)ccc1O. The third kappa shape index (κ3) is 5.88. The molecule has 0 radical (unpaired) electrons. The second-order valence-corrected chi connectivity index (χ2v) is 8.59. The molecule has 3 aromatic rings. The monoisotopic (exact) mass is 549 g/mol. The number of aliphatic hydroxyl groups is 3. The number of phenolic OH excluding ortho intramolecular Hbond substituents is 3. The first-order valence-corrected chi connectivity index (χ1v) is 11.4. The normalized spacial score (nSPS) is 22.8. The fourth-order valence-electron chi connectivity index (χ4n) is 3.92. The summed E-state index contributed by atoms with van der Waals surface area (Å²) in [6.07, 6.45) is -9.43. The largest absolute Gasteiger partial charge is 0.507 e. The van der Waals surface area contributed by atoms with Gasteiger partial charge < -0.3 is 54.7 Å². The van der Waals surface area contributed by atoms with Crippen molar-refractivity contribution in [3.8, 4) is 40.1 Å². The molecule has 1 saturated heterocycles. The van der Waals surface area contributed by atoms with Gasteiger partial charge in [0, 0.05) is 18.2 Å². The number of carbonyl (C=O) groups excluding carboxylic acids is 1. The van der Waals surface area contributed by atoms with Gasteiger partial charge in [-0.3, -0.25) is 9.59 Å². The van der Waals surface area contributed by atoms with Crippen LogP contribution in [0.25, 0.3) is 22.3 Å². The van der Waals surface area contributed by atoms with E-state index < -0.39 is 55.7 Å². The average Bonchev–Trinajstić information content (AvgIpc) is 2.88. The molecule has 14 heteroatoms. The number of hydrogen-bond donors (Lipinski definition) is 7. The summed E-state index contributed by atoms with van der Waals surface area (Å²) in [6.45, 7) is -0.666. The van der Waals surface area contributed by atoms with E-state index in [0.717, 1.165) is 6.07 Å². The number of hydrogen-bond acceptors (Lipinski definition) is 12. The van der Waals surface area contributed by atoms with Crippen molar-refractivity contribution in [3.05, 3.63) is 36.4 Å². The number of carboxylic acids is 1. The lowest BCUT2D eigenvalue weighted by atomic mass is 9.99. The molecule has 0 bridgehead atoms. The molecule has 5 unspecified atom stereocenters. The minimum absolute atomic E-state index is 0.0330. The summed E-state index contributed by atoms with van der Waals surface area (Å²) in [5.74, 6) is -3.51. The van der Waals surface area contributed by atoms with E-state index >= 15 is 0 Å². The van der Waals surface area contributed by atoms with Crippen LogP contribution in [0.5, 0.6) is 28.7 Å². The maximum absolute atomic E-state index is 11.6. The Labute approximate surface area is 219 Å². The standard InChI is InChI=1S/C25H24O14/c1-35-16-4-10(2-3-13(16)27)24-17(7-12-14(28)5-11(26)6-15(12)37-24)38-25-23(34)22(33)21(32)18(39-25)9-36-20(31)8-19(29)30/h2-7,18,21-23,25,32-34H,8-9H2,1H3,(H3-,26,27,28,29,30)/p+1. The maximum Gasteiger partial charge on any atom is 0.402 e. The highest BCUT2D eigenvalue weighted by atomic mass is 16.7. The number of aromatic hydroxyl groups is 3. The predicted molar refractivity (Wildman–Crippen MR) is 128 cm³/mol. The summed E-state index contributed by atoms with van der Waals surface area (Å²) < 4.78 is 27.2. The molecule has 4 rings (SSSR count). The Bertz CT molecular complexity index is 1390. The van der Waals surface area contributed by atoms with Crippen LogP contribution in [-0.2, 0) is 19.1 Å². The Morgan fingerprint density at radius 1 is 0.949 bits per heavy atom. The number of carbonyl (C=O) groups is 2. The van der Waals surface area contributed by atoms with E-state index in [1.807, 2.05) is 0 Å². The molecule has 7 N–H and O–H groups in total. The smallest absolute Gasteiger partial charge is 0.402 e. The molecule has 1 aliphatic rings. The number of methoxy groups -OCH3 is 1. The van der Waals surface area contributed by atoms with E-state index in [2.05, 4.69) is 0 Å². The fraction of sp³-hybridized carbons (Fsp3) is 0.320. The van der Waals surface area contributed by atoms with Crippen LogP contribution in [0, 0.1) is 0 Å². The van der Waals surface area contributed by atoms with E-state index in [1.54, 1.807) is 0 Å². The van der Waals surface area contributed by atoms with Crippen molar-refractivity contribution in [2.45, 2.75) is 37.1 Å². The molecule has 1 aromatic heterocycles.